The number of aliphatic hydroxyl groups excluding tert-OH is 11. The van der Waals surface area contributed by atoms with Crippen molar-refractivity contribution in [1.82, 2.24) is 5.32 Å². The number of unbranched alkanes of at least 4 members (excludes halogenated alkanes) is 30. The zero-order valence-electron chi connectivity index (χ0n) is 66.5. The van der Waals surface area contributed by atoms with E-state index in [0.29, 0.717) is 12.8 Å². The lowest BCUT2D eigenvalue weighted by molar-refractivity contribution is -0.379. The molecule has 3 heterocycles. The summed E-state index contributed by atoms with van der Waals surface area (Å²) >= 11 is 0. The van der Waals surface area contributed by atoms with Crippen molar-refractivity contribution in [2.45, 2.75) is 394 Å². The van der Waals surface area contributed by atoms with E-state index in [1.807, 2.05) is 6.08 Å². The summed E-state index contributed by atoms with van der Waals surface area (Å²) in [5.41, 5.74) is 0. The van der Waals surface area contributed by atoms with Gasteiger partial charge in [-0.2, -0.15) is 0 Å². The van der Waals surface area contributed by atoms with Gasteiger partial charge in [-0.3, -0.25) is 4.79 Å². The fraction of sp³-hybridized carbons (Fsp3) is 0.742. The zero-order chi connectivity index (χ0) is 78.1. The number of nitrogens with one attached hydrogen (secondary N) is 1. The van der Waals surface area contributed by atoms with Crippen LogP contribution < -0.4 is 5.32 Å². The van der Waals surface area contributed by atoms with Crippen molar-refractivity contribution in [2.75, 3.05) is 26.4 Å². The predicted molar refractivity (Wildman–Crippen MR) is 433 cm³/mol. The number of ether oxygens (including phenoxy) is 6. The first kappa shape index (κ1) is 98.1. The molecule has 0 bridgehead atoms. The number of amides is 1. The average Bonchev–Trinajstić information content (AvgIpc) is 0.779. The molecular formula is C89H151NO18. The molecule has 0 aromatic heterocycles. The maximum Gasteiger partial charge on any atom is 0.220 e. The van der Waals surface area contributed by atoms with E-state index >= 15 is 0 Å². The second-order valence-electron chi connectivity index (χ2n) is 29.5. The third kappa shape index (κ3) is 46.2. The molecular weight excluding hydrogens is 1370 g/mol. The first-order valence-electron chi connectivity index (χ1n) is 42.4. The summed E-state index contributed by atoms with van der Waals surface area (Å²) in [4.78, 5) is 13.5. The van der Waals surface area contributed by atoms with Gasteiger partial charge in [0.15, 0.2) is 18.9 Å². The van der Waals surface area contributed by atoms with Crippen molar-refractivity contribution in [3.05, 3.63) is 134 Å². The average molecular weight is 1520 g/mol. The highest BCUT2D eigenvalue weighted by molar-refractivity contribution is 5.76. The Kier molecular flexibility index (Phi) is 61.3. The van der Waals surface area contributed by atoms with Crippen LogP contribution >= 0.6 is 0 Å². The molecule has 3 saturated heterocycles. The first-order chi connectivity index (χ1) is 52.8. The Balaban J connectivity index is 1.39. The van der Waals surface area contributed by atoms with Gasteiger partial charge in [-0.05, 0) is 109 Å². The molecule has 17 unspecified atom stereocenters. The van der Waals surface area contributed by atoms with Gasteiger partial charge >= 0.3 is 0 Å². The molecule has 3 fully saturated rings. The largest absolute Gasteiger partial charge is 0.394 e. The number of allylic oxidation sites excluding steroid dienone is 21. The molecule has 3 aliphatic heterocycles. The molecule has 3 aliphatic rings. The second kappa shape index (κ2) is 67.4. The van der Waals surface area contributed by atoms with Crippen LogP contribution in [0.1, 0.15) is 290 Å². The van der Waals surface area contributed by atoms with Crippen molar-refractivity contribution in [1.29, 1.82) is 0 Å². The van der Waals surface area contributed by atoms with Crippen LogP contribution in [0.25, 0.3) is 0 Å². The minimum Gasteiger partial charge on any atom is -0.394 e. The Hall–Kier alpha value is -4.07. The third-order valence-electron chi connectivity index (χ3n) is 20.2. The minimum absolute atomic E-state index is 0.206. The Morgan fingerprint density at radius 1 is 0.343 bits per heavy atom. The highest BCUT2D eigenvalue weighted by Gasteiger charge is 2.54. The summed E-state index contributed by atoms with van der Waals surface area (Å²) in [6.45, 7) is 1.60. The van der Waals surface area contributed by atoms with E-state index < -0.39 is 124 Å². The molecule has 19 heteroatoms. The van der Waals surface area contributed by atoms with Crippen molar-refractivity contribution < 1.29 is 89.4 Å². The van der Waals surface area contributed by atoms with E-state index in [-0.39, 0.29) is 18.9 Å². The summed E-state index contributed by atoms with van der Waals surface area (Å²) < 4.78 is 34.4. The molecule has 0 radical (unpaired) electrons. The Morgan fingerprint density at radius 3 is 1.04 bits per heavy atom. The van der Waals surface area contributed by atoms with E-state index in [9.17, 15) is 61.0 Å². The van der Waals surface area contributed by atoms with Crippen LogP contribution in [0, 0.1) is 0 Å². The van der Waals surface area contributed by atoms with Crippen LogP contribution in [0.3, 0.4) is 0 Å². The van der Waals surface area contributed by atoms with Gasteiger partial charge in [0.25, 0.3) is 0 Å². The van der Waals surface area contributed by atoms with Gasteiger partial charge in [-0.25, -0.2) is 0 Å². The summed E-state index contributed by atoms with van der Waals surface area (Å²) in [7, 11) is 0. The van der Waals surface area contributed by atoms with E-state index in [1.165, 1.54) is 141 Å². The summed E-state index contributed by atoms with van der Waals surface area (Å²) in [5, 5.41) is 121. The first-order valence-corrected chi connectivity index (χ1v) is 42.4. The molecule has 108 heavy (non-hydrogen) atoms. The number of carbonyl (C=O) groups excluding carboxylic acids is 1. The normalized spacial score (nSPS) is 26.1. The van der Waals surface area contributed by atoms with Gasteiger partial charge in [0, 0.05) is 6.42 Å². The quantitative estimate of drug-likeness (QED) is 0.0199. The maximum atomic E-state index is 13.5. The summed E-state index contributed by atoms with van der Waals surface area (Å²) in [5.74, 6) is -0.308. The second-order valence-corrected chi connectivity index (χ2v) is 29.5. The van der Waals surface area contributed by atoms with E-state index in [4.69, 9.17) is 28.4 Å². The fourth-order valence-electron chi connectivity index (χ4n) is 13.4. The molecule has 1 amide bonds. The smallest absolute Gasteiger partial charge is 0.220 e. The number of rotatable bonds is 66. The molecule has 0 aromatic carbocycles. The summed E-state index contributed by atoms with van der Waals surface area (Å²) in [6, 6.07) is -1.02. The third-order valence-corrected chi connectivity index (χ3v) is 20.2. The van der Waals surface area contributed by atoms with Crippen molar-refractivity contribution in [2.24, 2.45) is 0 Å². The van der Waals surface area contributed by atoms with Gasteiger partial charge in [0.05, 0.1) is 38.6 Å². The number of aliphatic hydroxyl groups is 11. The lowest BCUT2D eigenvalue weighted by Crippen LogP contribution is -2.66. The molecule has 0 saturated carbocycles. The standard InChI is InChI=1S/C89H151NO18/c1-3-5-7-9-11-13-15-17-19-21-23-25-27-29-31-33-35-37-38-40-42-44-46-48-50-52-54-56-58-60-62-64-66-73(94)72(90-77(95)67-65-63-61-59-57-55-53-51-49-47-45-43-41-39-36-34-32-30-28-26-24-22-20-18-16-14-12-10-8-6-4-2)71-103-87-83(101)80(98)85(75(69-92)105-87)108-89-84(102)81(99)86(76(70-93)106-89)107-88-82(100)79(97)78(96)74(68-91)104-88/h6,8,12,14,18,20,24,26,30,32,36,39,43,45,48-51,56,58,64,66,72-76,78-89,91-94,96-102H,3-5,7,9-11,13,15-17,19,21-23,25,27-29,31,33-35,37-38,40-42,44,46-47,52-55,57,59-63,65,67-71H2,1-2H3,(H,90,95)/b8-6-,14-12-,20-18-,26-24-,32-30-,39-36-,45-43-,50-48+,51-49-,58-56+,66-64+. The zero-order valence-corrected chi connectivity index (χ0v) is 66.5. The summed E-state index contributed by atoms with van der Waals surface area (Å²) in [6.07, 6.45) is 70.1. The lowest BCUT2D eigenvalue weighted by atomic mass is 9.96. The van der Waals surface area contributed by atoms with Crippen LogP contribution in [0.4, 0.5) is 0 Å². The molecule has 12 N–H and O–H groups in total. The van der Waals surface area contributed by atoms with Crippen molar-refractivity contribution >= 4 is 5.91 Å². The SMILES string of the molecule is CC/C=C\C/C=C\C/C=C\C/C=C\C/C=C\C/C=C\C/C=C\C/C=C\CCCCCCCCC(=O)NC(COC1OC(CO)C(OC2OC(CO)C(OC3OC(CO)C(O)C(O)C3O)C(O)C2O)C(O)C1O)C(O)/C=C/CC/C=C/CC/C=C/CCCCCCCCCCCCCCCCCCCCCCCC. The molecule has 0 aromatic rings. The molecule has 17 atom stereocenters. The van der Waals surface area contributed by atoms with Gasteiger partial charge in [-0.1, -0.05) is 308 Å². The molecule has 0 aliphatic carbocycles. The van der Waals surface area contributed by atoms with E-state index in [2.05, 4.69) is 141 Å². The monoisotopic (exact) mass is 1520 g/mol. The van der Waals surface area contributed by atoms with E-state index in [0.717, 1.165) is 116 Å². The van der Waals surface area contributed by atoms with Crippen LogP contribution in [0.5, 0.6) is 0 Å². The van der Waals surface area contributed by atoms with Crippen LogP contribution in [0.2, 0.25) is 0 Å². The van der Waals surface area contributed by atoms with Crippen LogP contribution in [-0.4, -0.2) is 193 Å². The molecule has 620 valence electrons. The van der Waals surface area contributed by atoms with Gasteiger partial charge < -0.3 is 89.9 Å². The lowest BCUT2D eigenvalue weighted by Gasteiger charge is -2.48. The highest BCUT2D eigenvalue weighted by atomic mass is 16.8. The van der Waals surface area contributed by atoms with Crippen LogP contribution in [-0.2, 0) is 33.2 Å². The fourth-order valence-corrected chi connectivity index (χ4v) is 13.4. The Bertz CT molecular complexity index is 2470. The Labute approximate surface area is 651 Å². The molecule has 0 spiro atoms. The van der Waals surface area contributed by atoms with Crippen LogP contribution in [0.15, 0.2) is 134 Å². The van der Waals surface area contributed by atoms with Crippen molar-refractivity contribution in [3.8, 4) is 0 Å². The number of carbonyl (C=O) groups is 1. The van der Waals surface area contributed by atoms with Gasteiger partial charge in [0.2, 0.25) is 5.91 Å². The highest BCUT2D eigenvalue weighted by Crippen LogP contribution is 2.33. The van der Waals surface area contributed by atoms with Crippen molar-refractivity contribution in [3.63, 3.8) is 0 Å². The molecule has 19 nitrogen and oxygen atoms in total. The Morgan fingerprint density at radius 2 is 0.648 bits per heavy atom. The molecule has 3 rings (SSSR count). The van der Waals surface area contributed by atoms with Gasteiger partial charge in [-0.15, -0.1) is 0 Å². The van der Waals surface area contributed by atoms with Gasteiger partial charge in [0.1, 0.15) is 73.2 Å². The number of hydrogen-bond donors (Lipinski definition) is 12. The van der Waals surface area contributed by atoms with E-state index in [1.54, 1.807) is 6.08 Å². The predicted octanol–water partition coefficient (Wildman–Crippen LogP) is 15.2. The topological polar surface area (TPSA) is 307 Å². The minimum atomic E-state index is -1.99. The maximum absolute atomic E-state index is 13.5. The number of hydrogen-bond acceptors (Lipinski definition) is 18.